The molecule has 0 aromatic heterocycles. The van der Waals surface area contributed by atoms with E-state index in [-0.39, 0.29) is 5.75 Å². The molecule has 6 nitrogen and oxygen atoms in total. The summed E-state index contributed by atoms with van der Waals surface area (Å²) in [5, 5.41) is 10.6. The molecular formula is C7H6ClNO5S. The Labute approximate surface area is 90.0 Å². The normalized spacial score (nSPS) is 11.1. The Morgan fingerprint density at radius 2 is 2.07 bits per heavy atom. The van der Waals surface area contributed by atoms with Crippen molar-refractivity contribution in [2.75, 3.05) is 7.11 Å². The molecule has 0 atom stereocenters. The summed E-state index contributed by atoms with van der Waals surface area (Å²) in [5.41, 5.74) is -0.607. The molecule has 1 rings (SSSR count). The Kier molecular flexibility index (Phi) is 3.15. The number of methoxy groups -OCH3 is 1. The molecular weight excluding hydrogens is 246 g/mol. The molecule has 0 N–H and O–H groups in total. The van der Waals surface area contributed by atoms with Gasteiger partial charge in [0, 0.05) is 10.7 Å². The summed E-state index contributed by atoms with van der Waals surface area (Å²) in [4.78, 5) is 9.18. The zero-order valence-electron chi connectivity index (χ0n) is 7.51. The highest BCUT2D eigenvalue weighted by Gasteiger charge is 2.24. The van der Waals surface area contributed by atoms with Gasteiger partial charge in [0.2, 0.25) is 0 Å². The third kappa shape index (κ3) is 2.57. The fraction of sp³-hybridized carbons (Fsp3) is 0.143. The number of benzene rings is 1. The van der Waals surface area contributed by atoms with Crippen LogP contribution in [0, 0.1) is 10.1 Å². The van der Waals surface area contributed by atoms with Crippen molar-refractivity contribution in [3.8, 4) is 5.75 Å². The standard InChI is InChI=1S/C7H6ClNO5S/c1-14-5-2-3-7(15(8,12)13)6(4-5)9(10)11/h2-4H,1H3. The maximum absolute atomic E-state index is 11.0. The van der Waals surface area contributed by atoms with E-state index in [1.165, 1.54) is 13.2 Å². The predicted molar refractivity (Wildman–Crippen MR) is 52.7 cm³/mol. The molecule has 15 heavy (non-hydrogen) atoms. The van der Waals surface area contributed by atoms with Gasteiger partial charge in [0.1, 0.15) is 5.75 Å². The number of rotatable bonds is 3. The first-order chi connectivity index (χ1) is 6.86. The SMILES string of the molecule is COc1ccc(S(=O)(=O)Cl)c([N+](=O)[O-])c1. The molecule has 82 valence electrons. The Bertz CT molecular complexity index is 498. The maximum Gasteiger partial charge on any atom is 0.292 e. The number of nitro groups is 1. The van der Waals surface area contributed by atoms with Crippen LogP contribution in [0.2, 0.25) is 0 Å². The van der Waals surface area contributed by atoms with Gasteiger partial charge in [0.25, 0.3) is 14.7 Å². The topological polar surface area (TPSA) is 86.5 Å². The van der Waals surface area contributed by atoms with Gasteiger partial charge >= 0.3 is 0 Å². The summed E-state index contributed by atoms with van der Waals surface area (Å²) in [6.45, 7) is 0. The van der Waals surface area contributed by atoms with Crippen LogP contribution in [-0.4, -0.2) is 20.5 Å². The molecule has 8 heteroatoms. The third-order valence-corrected chi connectivity index (χ3v) is 2.99. The molecule has 0 aliphatic heterocycles. The molecule has 0 saturated carbocycles. The van der Waals surface area contributed by atoms with Crippen molar-refractivity contribution in [1.29, 1.82) is 0 Å². The van der Waals surface area contributed by atoms with E-state index in [0.717, 1.165) is 12.1 Å². The number of hydrogen-bond donors (Lipinski definition) is 0. The minimum absolute atomic E-state index is 0.186. The number of ether oxygens (including phenoxy) is 1. The molecule has 1 aromatic carbocycles. The zero-order valence-corrected chi connectivity index (χ0v) is 9.08. The van der Waals surface area contributed by atoms with E-state index in [4.69, 9.17) is 15.4 Å². The first kappa shape index (κ1) is 11.7. The van der Waals surface area contributed by atoms with E-state index in [9.17, 15) is 18.5 Å². The predicted octanol–water partition coefficient (Wildman–Crippen LogP) is 1.53. The minimum Gasteiger partial charge on any atom is -0.497 e. The van der Waals surface area contributed by atoms with Gasteiger partial charge in [-0.1, -0.05) is 0 Å². The Balaban J connectivity index is 3.48. The number of halogens is 1. The molecule has 0 saturated heterocycles. The second-order valence-corrected chi connectivity index (χ2v) is 5.06. The average molecular weight is 252 g/mol. The molecule has 0 bridgehead atoms. The molecule has 0 heterocycles. The van der Waals surface area contributed by atoms with Crippen molar-refractivity contribution in [2.24, 2.45) is 0 Å². The molecule has 0 amide bonds. The maximum atomic E-state index is 11.0. The van der Waals surface area contributed by atoms with Crippen LogP contribution < -0.4 is 4.74 Å². The van der Waals surface area contributed by atoms with Crippen LogP contribution in [0.25, 0.3) is 0 Å². The zero-order chi connectivity index (χ0) is 11.6. The highest BCUT2D eigenvalue weighted by molar-refractivity contribution is 8.13. The monoisotopic (exact) mass is 251 g/mol. The van der Waals surface area contributed by atoms with Crippen molar-refractivity contribution in [3.05, 3.63) is 28.3 Å². The van der Waals surface area contributed by atoms with Crippen molar-refractivity contribution >= 4 is 25.4 Å². The number of nitrogens with zero attached hydrogens (tertiary/aromatic N) is 1. The summed E-state index contributed by atoms with van der Waals surface area (Å²) >= 11 is 0. The van der Waals surface area contributed by atoms with E-state index in [2.05, 4.69) is 0 Å². The van der Waals surface area contributed by atoms with Crippen molar-refractivity contribution < 1.29 is 18.1 Å². The second kappa shape index (κ2) is 4.03. The van der Waals surface area contributed by atoms with Gasteiger partial charge in [-0.3, -0.25) is 10.1 Å². The fourth-order valence-corrected chi connectivity index (χ4v) is 1.98. The average Bonchev–Trinajstić information content (AvgIpc) is 2.15. The molecule has 0 radical (unpaired) electrons. The number of hydrogen-bond acceptors (Lipinski definition) is 5. The van der Waals surface area contributed by atoms with Crippen LogP contribution in [0.5, 0.6) is 5.75 Å². The van der Waals surface area contributed by atoms with Gasteiger partial charge in [-0.15, -0.1) is 0 Å². The van der Waals surface area contributed by atoms with E-state index in [1.807, 2.05) is 0 Å². The third-order valence-electron chi connectivity index (χ3n) is 1.63. The van der Waals surface area contributed by atoms with Gasteiger partial charge in [0.15, 0.2) is 4.90 Å². The summed E-state index contributed by atoms with van der Waals surface area (Å²) < 4.78 is 26.7. The van der Waals surface area contributed by atoms with Crippen molar-refractivity contribution in [2.45, 2.75) is 4.90 Å². The first-order valence-electron chi connectivity index (χ1n) is 3.63. The van der Waals surface area contributed by atoms with Crippen LogP contribution in [0.1, 0.15) is 0 Å². The summed E-state index contributed by atoms with van der Waals surface area (Å²) in [6.07, 6.45) is 0. The van der Waals surface area contributed by atoms with E-state index < -0.39 is 24.6 Å². The smallest absolute Gasteiger partial charge is 0.292 e. The lowest BCUT2D eigenvalue weighted by molar-refractivity contribution is -0.387. The summed E-state index contributed by atoms with van der Waals surface area (Å²) in [6, 6.07) is 3.30. The molecule has 1 aromatic rings. The molecule has 0 spiro atoms. The van der Waals surface area contributed by atoms with Crippen LogP contribution >= 0.6 is 10.7 Å². The van der Waals surface area contributed by atoms with Crippen LogP contribution in [-0.2, 0) is 9.05 Å². The lowest BCUT2D eigenvalue weighted by Gasteiger charge is -2.02. The first-order valence-corrected chi connectivity index (χ1v) is 5.94. The van der Waals surface area contributed by atoms with E-state index >= 15 is 0 Å². The summed E-state index contributed by atoms with van der Waals surface area (Å²) in [7, 11) is 2.22. The van der Waals surface area contributed by atoms with Gasteiger partial charge in [-0.2, -0.15) is 0 Å². The Hall–Kier alpha value is -1.34. The molecule has 0 aliphatic rings. The van der Waals surface area contributed by atoms with Gasteiger partial charge < -0.3 is 4.74 Å². The molecule has 0 unspecified atom stereocenters. The lowest BCUT2D eigenvalue weighted by atomic mass is 10.3. The summed E-state index contributed by atoms with van der Waals surface area (Å²) in [5.74, 6) is 0.186. The van der Waals surface area contributed by atoms with Crippen molar-refractivity contribution in [1.82, 2.24) is 0 Å². The molecule has 0 fully saturated rings. The lowest BCUT2D eigenvalue weighted by Crippen LogP contribution is -1.99. The van der Waals surface area contributed by atoms with Gasteiger partial charge in [0.05, 0.1) is 18.1 Å². The Morgan fingerprint density at radius 1 is 1.47 bits per heavy atom. The van der Waals surface area contributed by atoms with Gasteiger partial charge in [-0.05, 0) is 12.1 Å². The quantitative estimate of drug-likeness (QED) is 0.462. The van der Waals surface area contributed by atoms with E-state index in [0.29, 0.717) is 0 Å². The Morgan fingerprint density at radius 3 is 2.47 bits per heavy atom. The van der Waals surface area contributed by atoms with Crippen molar-refractivity contribution in [3.63, 3.8) is 0 Å². The van der Waals surface area contributed by atoms with Crippen LogP contribution in [0.4, 0.5) is 5.69 Å². The highest BCUT2D eigenvalue weighted by atomic mass is 35.7. The fourth-order valence-electron chi connectivity index (χ4n) is 0.973. The number of nitro benzene ring substituents is 1. The highest BCUT2D eigenvalue weighted by Crippen LogP contribution is 2.30. The minimum atomic E-state index is -4.13. The van der Waals surface area contributed by atoms with Gasteiger partial charge in [-0.25, -0.2) is 8.42 Å². The second-order valence-electron chi connectivity index (χ2n) is 2.53. The van der Waals surface area contributed by atoms with Crippen LogP contribution in [0.15, 0.2) is 23.1 Å². The molecule has 0 aliphatic carbocycles. The largest absolute Gasteiger partial charge is 0.497 e. The van der Waals surface area contributed by atoms with E-state index in [1.54, 1.807) is 0 Å². The van der Waals surface area contributed by atoms with Crippen LogP contribution in [0.3, 0.4) is 0 Å².